The number of aliphatic hydroxyl groups excluding tert-OH is 1. The summed E-state index contributed by atoms with van der Waals surface area (Å²) in [5.41, 5.74) is 3.61. The number of imidazole rings is 1. The Morgan fingerprint density at radius 1 is 1.24 bits per heavy atom. The van der Waals surface area contributed by atoms with Crippen LogP contribution in [0.4, 0.5) is 0 Å². The summed E-state index contributed by atoms with van der Waals surface area (Å²) in [6.45, 7) is 6.39. The van der Waals surface area contributed by atoms with Gasteiger partial charge in [0.2, 0.25) is 11.8 Å². The smallest absolute Gasteiger partial charge is 0.248 e. The van der Waals surface area contributed by atoms with E-state index >= 15 is 0 Å². The molecular formula is C27H29ClN6O4. The van der Waals surface area contributed by atoms with Gasteiger partial charge in [-0.25, -0.2) is 9.97 Å². The Balaban J connectivity index is 1.47. The molecule has 38 heavy (non-hydrogen) atoms. The molecule has 0 unspecified atom stereocenters. The van der Waals surface area contributed by atoms with Crippen LogP contribution in [0.25, 0.3) is 22.6 Å². The van der Waals surface area contributed by atoms with E-state index in [0.29, 0.717) is 45.7 Å². The van der Waals surface area contributed by atoms with Crippen LogP contribution in [0.15, 0.2) is 42.9 Å². The lowest BCUT2D eigenvalue weighted by atomic mass is 10.2. The molecule has 198 valence electrons. The lowest BCUT2D eigenvalue weighted by molar-refractivity contribution is -0.128. The molecule has 1 atom stereocenters. The van der Waals surface area contributed by atoms with Crippen molar-refractivity contribution in [2.75, 3.05) is 13.2 Å². The molecule has 1 aliphatic carbocycles. The molecule has 0 radical (unpaired) electrons. The van der Waals surface area contributed by atoms with Gasteiger partial charge in [0.15, 0.2) is 11.2 Å². The van der Waals surface area contributed by atoms with Crippen molar-refractivity contribution < 1.29 is 19.4 Å². The quantitative estimate of drug-likeness (QED) is 0.294. The van der Waals surface area contributed by atoms with E-state index in [9.17, 15) is 9.90 Å². The number of fused-ring (bicyclic) bond motifs is 1. The fraction of sp³-hybridized carbons (Fsp3) is 0.370. The number of carbonyl (C=O) groups is 1. The number of nitrogens with zero attached hydrogens (tertiary/aromatic N) is 5. The molecule has 0 aliphatic heterocycles. The molecule has 1 aromatic carbocycles. The molecule has 1 amide bonds. The minimum atomic E-state index is -1.07. The minimum absolute atomic E-state index is 0.223. The van der Waals surface area contributed by atoms with Crippen molar-refractivity contribution in [3.05, 3.63) is 59.1 Å². The standard InChI is InChI=1S/C27H29ClN6O4/c1-16-6-9-29-18(12-16)14-34-23(33-22-24(34)31-15-32-26(22)38-27(3)7-8-27)20-5-4-19(13-21(20)28)37-11-10-30-25(36)17(2)35/h4-6,9,12-13,15,17,35H,7-8,10-11,14H2,1-3H3,(H,30,36)/t17-/m1/s1. The SMILES string of the molecule is Cc1ccnc(Cn2c(-c3ccc(OCCNC(=O)[C@@H](C)O)cc3Cl)nc3c(OC4(C)CC4)ncnc32)c1. The largest absolute Gasteiger partial charge is 0.492 e. The van der Waals surface area contributed by atoms with E-state index < -0.39 is 12.0 Å². The summed E-state index contributed by atoms with van der Waals surface area (Å²) in [6.07, 6.45) is 4.14. The predicted octanol–water partition coefficient (Wildman–Crippen LogP) is 3.71. The van der Waals surface area contributed by atoms with Gasteiger partial charge >= 0.3 is 0 Å². The molecule has 1 aliphatic rings. The van der Waals surface area contributed by atoms with Gasteiger partial charge in [-0.05, 0) is 69.5 Å². The third-order valence-electron chi connectivity index (χ3n) is 6.32. The van der Waals surface area contributed by atoms with Crippen molar-refractivity contribution in [1.29, 1.82) is 0 Å². The topological polar surface area (TPSA) is 124 Å². The van der Waals surface area contributed by atoms with Crippen molar-refractivity contribution >= 4 is 28.7 Å². The Kier molecular flexibility index (Phi) is 7.18. The molecule has 11 heteroatoms. The second kappa shape index (κ2) is 10.5. The second-order valence-corrected chi connectivity index (χ2v) is 10.1. The summed E-state index contributed by atoms with van der Waals surface area (Å²) >= 11 is 6.73. The van der Waals surface area contributed by atoms with Crippen LogP contribution in [0.1, 0.15) is 37.9 Å². The van der Waals surface area contributed by atoms with Crippen molar-refractivity contribution in [3.63, 3.8) is 0 Å². The number of aromatic nitrogens is 5. The Morgan fingerprint density at radius 2 is 2.05 bits per heavy atom. The van der Waals surface area contributed by atoms with E-state index in [0.717, 1.165) is 24.1 Å². The number of halogens is 1. The zero-order chi connectivity index (χ0) is 26.9. The number of hydrogen-bond donors (Lipinski definition) is 2. The molecule has 3 heterocycles. The molecule has 1 saturated carbocycles. The molecule has 3 aromatic heterocycles. The van der Waals surface area contributed by atoms with Crippen molar-refractivity contribution in [2.45, 2.75) is 51.9 Å². The zero-order valence-electron chi connectivity index (χ0n) is 21.4. The van der Waals surface area contributed by atoms with E-state index in [-0.39, 0.29) is 18.8 Å². The number of aryl methyl sites for hydroxylation is 1. The molecule has 0 spiro atoms. The highest BCUT2D eigenvalue weighted by molar-refractivity contribution is 6.33. The molecule has 4 aromatic rings. The maximum atomic E-state index is 11.5. The van der Waals surface area contributed by atoms with Crippen LogP contribution in [0, 0.1) is 6.92 Å². The van der Waals surface area contributed by atoms with Crippen molar-refractivity contribution in [1.82, 2.24) is 29.8 Å². The number of rotatable bonds is 10. The average molecular weight is 537 g/mol. The summed E-state index contributed by atoms with van der Waals surface area (Å²) < 4.78 is 13.9. The summed E-state index contributed by atoms with van der Waals surface area (Å²) in [5.74, 6) is 1.14. The minimum Gasteiger partial charge on any atom is -0.492 e. The third-order valence-corrected chi connectivity index (χ3v) is 6.63. The second-order valence-electron chi connectivity index (χ2n) is 9.71. The fourth-order valence-corrected chi connectivity index (χ4v) is 4.22. The third kappa shape index (κ3) is 5.71. The van der Waals surface area contributed by atoms with Gasteiger partial charge in [0.05, 0.1) is 23.8 Å². The van der Waals surface area contributed by atoms with Gasteiger partial charge in [0.1, 0.15) is 36.2 Å². The Bertz CT molecular complexity index is 1480. The highest BCUT2D eigenvalue weighted by Crippen LogP contribution is 2.41. The van der Waals surface area contributed by atoms with Crippen molar-refractivity contribution in [3.8, 4) is 23.0 Å². The van der Waals surface area contributed by atoms with Gasteiger partial charge in [-0.3, -0.25) is 9.78 Å². The number of pyridine rings is 1. The first-order valence-corrected chi connectivity index (χ1v) is 12.8. The number of aliphatic hydroxyl groups is 1. The number of nitrogens with one attached hydrogen (secondary N) is 1. The molecule has 10 nitrogen and oxygen atoms in total. The van der Waals surface area contributed by atoms with Gasteiger partial charge in [-0.2, -0.15) is 4.98 Å². The first kappa shape index (κ1) is 25.9. The maximum absolute atomic E-state index is 11.5. The predicted molar refractivity (Wildman–Crippen MR) is 142 cm³/mol. The van der Waals surface area contributed by atoms with Crippen LogP contribution in [0.2, 0.25) is 5.02 Å². The number of ether oxygens (including phenoxy) is 2. The molecule has 0 bridgehead atoms. The van der Waals surface area contributed by atoms with E-state index in [1.165, 1.54) is 13.3 Å². The maximum Gasteiger partial charge on any atom is 0.248 e. The number of benzene rings is 1. The summed E-state index contributed by atoms with van der Waals surface area (Å²) in [5, 5.41) is 12.3. The summed E-state index contributed by atoms with van der Waals surface area (Å²) in [7, 11) is 0. The van der Waals surface area contributed by atoms with E-state index in [1.54, 1.807) is 18.3 Å². The first-order valence-electron chi connectivity index (χ1n) is 12.4. The van der Waals surface area contributed by atoms with Gasteiger partial charge in [-0.15, -0.1) is 0 Å². The Hall–Kier alpha value is -3.76. The lowest BCUT2D eigenvalue weighted by Gasteiger charge is -2.12. The first-order chi connectivity index (χ1) is 18.2. The summed E-state index contributed by atoms with van der Waals surface area (Å²) in [4.78, 5) is 29.9. The highest BCUT2D eigenvalue weighted by Gasteiger charge is 2.41. The van der Waals surface area contributed by atoms with Crippen LogP contribution < -0.4 is 14.8 Å². The molecule has 1 fully saturated rings. The Labute approximate surface area is 225 Å². The fourth-order valence-electron chi connectivity index (χ4n) is 3.96. The molecule has 5 rings (SSSR count). The highest BCUT2D eigenvalue weighted by atomic mass is 35.5. The number of hydrogen-bond acceptors (Lipinski definition) is 8. The summed E-state index contributed by atoms with van der Waals surface area (Å²) in [6, 6.07) is 9.31. The van der Waals surface area contributed by atoms with E-state index in [2.05, 4.69) is 27.2 Å². The van der Waals surface area contributed by atoms with Gasteiger partial charge in [0.25, 0.3) is 0 Å². The zero-order valence-corrected chi connectivity index (χ0v) is 22.2. The normalized spacial score (nSPS) is 14.8. The van der Waals surface area contributed by atoms with Crippen LogP contribution in [-0.2, 0) is 11.3 Å². The van der Waals surface area contributed by atoms with Crippen molar-refractivity contribution in [2.24, 2.45) is 0 Å². The van der Waals surface area contributed by atoms with Crippen LogP contribution in [-0.4, -0.2) is 60.4 Å². The average Bonchev–Trinajstić information content (AvgIpc) is 3.50. The van der Waals surface area contributed by atoms with Crippen LogP contribution in [0.5, 0.6) is 11.6 Å². The number of carbonyl (C=O) groups excluding carboxylic acids is 1. The Morgan fingerprint density at radius 3 is 2.76 bits per heavy atom. The van der Waals surface area contributed by atoms with Crippen LogP contribution >= 0.6 is 11.6 Å². The molecular weight excluding hydrogens is 508 g/mol. The molecule has 0 saturated heterocycles. The number of amides is 1. The van der Waals surface area contributed by atoms with Crippen LogP contribution in [0.3, 0.4) is 0 Å². The van der Waals surface area contributed by atoms with Gasteiger partial charge in [-0.1, -0.05) is 11.6 Å². The van der Waals surface area contributed by atoms with E-state index in [1.807, 2.05) is 29.7 Å². The monoisotopic (exact) mass is 536 g/mol. The lowest BCUT2D eigenvalue weighted by Crippen LogP contribution is -2.35. The van der Waals surface area contributed by atoms with E-state index in [4.69, 9.17) is 26.1 Å². The van der Waals surface area contributed by atoms with Gasteiger partial charge in [0, 0.05) is 11.8 Å². The van der Waals surface area contributed by atoms with Gasteiger partial charge < -0.3 is 24.5 Å². The molecule has 2 N–H and O–H groups in total.